The standard InChI is InChI=1S/C14H15N3OS/c1-9-6-10-4-2-3-5-12(10)17(7-9)13(18)11-8-19-14(15)16-11/h2-5,8-9H,6-7H2,1H3,(H2,15,16). The van der Waals surface area contributed by atoms with Crippen LogP contribution in [0.2, 0.25) is 0 Å². The van der Waals surface area contributed by atoms with Gasteiger partial charge in [0.1, 0.15) is 5.69 Å². The van der Waals surface area contributed by atoms with E-state index in [9.17, 15) is 4.79 Å². The third kappa shape index (κ3) is 2.21. The number of nitrogens with zero attached hydrogens (tertiary/aromatic N) is 2. The molecule has 0 fully saturated rings. The maximum absolute atomic E-state index is 12.5. The van der Waals surface area contributed by atoms with Gasteiger partial charge < -0.3 is 10.6 Å². The number of carbonyl (C=O) groups excluding carboxylic acids is 1. The molecule has 0 aliphatic carbocycles. The Labute approximate surface area is 115 Å². The number of hydrogen-bond donors (Lipinski definition) is 1. The molecule has 1 aliphatic heterocycles. The topological polar surface area (TPSA) is 59.2 Å². The molecule has 1 aromatic carbocycles. The largest absolute Gasteiger partial charge is 0.375 e. The first-order valence-electron chi connectivity index (χ1n) is 6.26. The maximum Gasteiger partial charge on any atom is 0.277 e. The van der Waals surface area contributed by atoms with Crippen molar-refractivity contribution in [3.63, 3.8) is 0 Å². The minimum absolute atomic E-state index is 0.0630. The second kappa shape index (κ2) is 4.66. The lowest BCUT2D eigenvalue weighted by Gasteiger charge is -2.32. The van der Waals surface area contributed by atoms with Crippen molar-refractivity contribution in [1.29, 1.82) is 0 Å². The average molecular weight is 273 g/mol. The Morgan fingerprint density at radius 2 is 2.26 bits per heavy atom. The predicted octanol–water partition coefficient (Wildman–Crippen LogP) is 2.56. The van der Waals surface area contributed by atoms with Gasteiger partial charge in [0.2, 0.25) is 0 Å². The number of carbonyl (C=O) groups is 1. The zero-order valence-electron chi connectivity index (χ0n) is 10.7. The molecule has 3 rings (SSSR count). The summed E-state index contributed by atoms with van der Waals surface area (Å²) in [6.45, 7) is 2.89. The van der Waals surface area contributed by atoms with Crippen LogP contribution < -0.4 is 10.6 Å². The van der Waals surface area contributed by atoms with Crippen LogP contribution >= 0.6 is 11.3 Å². The summed E-state index contributed by atoms with van der Waals surface area (Å²) in [5.41, 5.74) is 8.26. The minimum Gasteiger partial charge on any atom is -0.375 e. The van der Waals surface area contributed by atoms with Gasteiger partial charge in [-0.1, -0.05) is 25.1 Å². The van der Waals surface area contributed by atoms with Crippen LogP contribution in [0.4, 0.5) is 10.8 Å². The molecule has 0 bridgehead atoms. The number of aromatic nitrogens is 1. The van der Waals surface area contributed by atoms with E-state index in [-0.39, 0.29) is 5.91 Å². The third-order valence-corrected chi connectivity index (χ3v) is 4.01. The van der Waals surface area contributed by atoms with Gasteiger partial charge in [-0.2, -0.15) is 0 Å². The van der Waals surface area contributed by atoms with Crippen molar-refractivity contribution < 1.29 is 4.79 Å². The summed E-state index contributed by atoms with van der Waals surface area (Å²) in [5, 5.41) is 2.15. The zero-order chi connectivity index (χ0) is 13.4. The van der Waals surface area contributed by atoms with Crippen LogP contribution in [0.25, 0.3) is 0 Å². The van der Waals surface area contributed by atoms with E-state index in [0.717, 1.165) is 18.7 Å². The summed E-state index contributed by atoms with van der Waals surface area (Å²) in [7, 11) is 0. The monoisotopic (exact) mass is 273 g/mol. The first-order chi connectivity index (χ1) is 9.15. The van der Waals surface area contributed by atoms with E-state index in [2.05, 4.69) is 18.0 Å². The summed E-state index contributed by atoms with van der Waals surface area (Å²) >= 11 is 1.30. The van der Waals surface area contributed by atoms with Gasteiger partial charge in [-0.25, -0.2) is 4.98 Å². The van der Waals surface area contributed by atoms with Crippen LogP contribution in [-0.2, 0) is 6.42 Å². The highest BCUT2D eigenvalue weighted by atomic mass is 32.1. The van der Waals surface area contributed by atoms with Crippen molar-refractivity contribution in [2.75, 3.05) is 17.2 Å². The molecule has 1 unspecified atom stereocenters. The molecule has 0 radical (unpaired) electrons. The maximum atomic E-state index is 12.5. The quantitative estimate of drug-likeness (QED) is 0.868. The number of para-hydroxylation sites is 1. The summed E-state index contributed by atoms with van der Waals surface area (Å²) in [5.74, 6) is 0.391. The van der Waals surface area contributed by atoms with Gasteiger partial charge >= 0.3 is 0 Å². The van der Waals surface area contributed by atoms with E-state index in [1.54, 1.807) is 5.38 Å². The Morgan fingerprint density at radius 3 is 3.00 bits per heavy atom. The molecule has 1 atom stereocenters. The van der Waals surface area contributed by atoms with E-state index in [1.807, 2.05) is 23.1 Å². The molecule has 2 aromatic rings. The molecule has 1 aromatic heterocycles. The van der Waals surface area contributed by atoms with Gasteiger partial charge in [0.05, 0.1) is 0 Å². The Morgan fingerprint density at radius 1 is 1.47 bits per heavy atom. The lowest BCUT2D eigenvalue weighted by Crippen LogP contribution is -2.39. The lowest BCUT2D eigenvalue weighted by molar-refractivity contribution is 0.0977. The first-order valence-corrected chi connectivity index (χ1v) is 7.14. The lowest BCUT2D eigenvalue weighted by atomic mass is 9.94. The molecule has 1 amide bonds. The molecule has 1 aliphatic rings. The Kier molecular flexibility index (Phi) is 2.98. The van der Waals surface area contributed by atoms with E-state index in [4.69, 9.17) is 5.73 Å². The number of nitrogen functional groups attached to an aromatic ring is 1. The van der Waals surface area contributed by atoms with Crippen molar-refractivity contribution in [2.24, 2.45) is 5.92 Å². The van der Waals surface area contributed by atoms with E-state index >= 15 is 0 Å². The van der Waals surface area contributed by atoms with Crippen LogP contribution in [0.3, 0.4) is 0 Å². The normalized spacial score (nSPS) is 18.2. The zero-order valence-corrected chi connectivity index (χ0v) is 11.5. The van der Waals surface area contributed by atoms with Crippen LogP contribution in [0.15, 0.2) is 29.6 Å². The number of fused-ring (bicyclic) bond motifs is 1. The smallest absolute Gasteiger partial charge is 0.277 e. The molecule has 0 saturated carbocycles. The third-order valence-electron chi connectivity index (χ3n) is 3.33. The molecule has 4 nitrogen and oxygen atoms in total. The van der Waals surface area contributed by atoms with E-state index < -0.39 is 0 Å². The Bertz CT molecular complexity index is 623. The number of amides is 1. The Hall–Kier alpha value is -1.88. The van der Waals surface area contributed by atoms with Crippen LogP contribution in [0, 0.1) is 5.92 Å². The highest BCUT2D eigenvalue weighted by Crippen LogP contribution is 2.30. The van der Waals surface area contributed by atoms with Crippen molar-refractivity contribution >= 4 is 28.1 Å². The summed E-state index contributed by atoms with van der Waals surface area (Å²) in [4.78, 5) is 18.4. The van der Waals surface area contributed by atoms with Gasteiger partial charge in [0, 0.05) is 17.6 Å². The second-order valence-electron chi connectivity index (χ2n) is 4.92. The van der Waals surface area contributed by atoms with Crippen molar-refractivity contribution in [3.8, 4) is 0 Å². The number of hydrogen-bond acceptors (Lipinski definition) is 4. The van der Waals surface area contributed by atoms with Crippen LogP contribution in [-0.4, -0.2) is 17.4 Å². The van der Waals surface area contributed by atoms with Crippen molar-refractivity contribution in [2.45, 2.75) is 13.3 Å². The van der Waals surface area contributed by atoms with E-state index in [0.29, 0.717) is 16.7 Å². The number of benzene rings is 1. The summed E-state index contributed by atoms with van der Waals surface area (Å²) < 4.78 is 0. The van der Waals surface area contributed by atoms with Gasteiger partial charge in [-0.05, 0) is 24.0 Å². The molecular weight excluding hydrogens is 258 g/mol. The summed E-state index contributed by atoms with van der Waals surface area (Å²) in [6.07, 6.45) is 1.01. The predicted molar refractivity (Wildman–Crippen MR) is 77.5 cm³/mol. The van der Waals surface area contributed by atoms with E-state index in [1.165, 1.54) is 16.9 Å². The first kappa shape index (κ1) is 12.2. The number of thiazole rings is 1. The van der Waals surface area contributed by atoms with Crippen LogP contribution in [0.5, 0.6) is 0 Å². The highest BCUT2D eigenvalue weighted by Gasteiger charge is 2.27. The SMILES string of the molecule is CC1Cc2ccccc2N(C(=O)c2csc(N)n2)C1. The molecule has 2 heterocycles. The van der Waals surface area contributed by atoms with Crippen molar-refractivity contribution in [1.82, 2.24) is 4.98 Å². The molecule has 0 spiro atoms. The highest BCUT2D eigenvalue weighted by molar-refractivity contribution is 7.13. The minimum atomic E-state index is -0.0630. The number of nitrogens with two attached hydrogens (primary N) is 1. The molecule has 2 N–H and O–H groups in total. The molecule has 0 saturated heterocycles. The molecular formula is C14H15N3OS. The van der Waals surface area contributed by atoms with Crippen LogP contribution in [0.1, 0.15) is 23.0 Å². The molecule has 19 heavy (non-hydrogen) atoms. The second-order valence-corrected chi connectivity index (χ2v) is 5.81. The number of rotatable bonds is 1. The fraction of sp³-hybridized carbons (Fsp3) is 0.286. The fourth-order valence-electron chi connectivity index (χ4n) is 2.51. The van der Waals surface area contributed by atoms with Gasteiger partial charge in [0.15, 0.2) is 5.13 Å². The molecule has 5 heteroatoms. The summed E-state index contributed by atoms with van der Waals surface area (Å²) in [6, 6.07) is 8.06. The van der Waals surface area contributed by atoms with Gasteiger partial charge in [-0.15, -0.1) is 11.3 Å². The van der Waals surface area contributed by atoms with Crippen molar-refractivity contribution in [3.05, 3.63) is 40.9 Å². The average Bonchev–Trinajstić information content (AvgIpc) is 2.83. The molecule has 98 valence electrons. The van der Waals surface area contributed by atoms with Gasteiger partial charge in [-0.3, -0.25) is 4.79 Å². The number of anilines is 2. The Balaban J connectivity index is 1.99. The fourth-order valence-corrected chi connectivity index (χ4v) is 3.05. The van der Waals surface area contributed by atoms with Gasteiger partial charge in [0.25, 0.3) is 5.91 Å².